The second kappa shape index (κ2) is 33.0. The van der Waals surface area contributed by atoms with Gasteiger partial charge in [0.05, 0.1) is 5.57 Å². The Morgan fingerprint density at radius 1 is 0.367 bits per heavy atom. The molecule has 1 heterocycles. The molecule has 0 radical (unpaired) electrons. The predicted octanol–water partition coefficient (Wildman–Crippen LogP) is 19.2. The lowest BCUT2D eigenvalue weighted by Gasteiger charge is -2.14. The van der Waals surface area contributed by atoms with Crippen LogP contribution in [0.1, 0.15) is 274 Å². The second-order valence-corrected chi connectivity index (χ2v) is 18.9. The zero-order chi connectivity index (χ0) is 43.0. The summed E-state index contributed by atoms with van der Waals surface area (Å²) in [7, 11) is 0. The van der Waals surface area contributed by atoms with E-state index in [1.165, 1.54) is 230 Å². The van der Waals surface area contributed by atoms with Crippen LogP contribution in [-0.2, 0) is 25.7 Å². The van der Waals surface area contributed by atoms with Crippen LogP contribution in [0.25, 0.3) is 11.5 Å². The molecule has 1 aliphatic heterocycles. The zero-order valence-corrected chi connectivity index (χ0v) is 40.7. The number of nitrogens with one attached hydrogen (secondary N) is 1. The standard InChI is InChI=1S/C58H96N2/c1-7-13-19-24-28-32-37-49-43-50(38-33-29-25-20-14-8-2)46-53(45-49)57-55(41-18-12-6)56(42-36-23-17-11-5)58(60(57)59)54-47-51(39-34-30-26-21-15-9-3)44-52(48-54)40-35-31-27-22-16-10-4/h42-48,59H,7-41H2,1-6H3. The molecule has 1 aliphatic rings. The maximum absolute atomic E-state index is 10.2. The summed E-state index contributed by atoms with van der Waals surface area (Å²) in [6, 6.07) is 15.1. The van der Waals surface area contributed by atoms with Crippen molar-refractivity contribution >= 4 is 11.4 Å². The van der Waals surface area contributed by atoms with Gasteiger partial charge in [0, 0.05) is 16.7 Å². The molecule has 0 saturated carbocycles. The van der Waals surface area contributed by atoms with Gasteiger partial charge in [-0.2, -0.15) is 0 Å². The van der Waals surface area contributed by atoms with E-state index in [1.807, 2.05) is 4.68 Å². The molecule has 3 rings (SSSR count). The molecule has 0 unspecified atom stereocenters. The van der Waals surface area contributed by atoms with Crippen LogP contribution in [0.4, 0.5) is 0 Å². The summed E-state index contributed by atoms with van der Waals surface area (Å²) < 4.78 is 1.94. The van der Waals surface area contributed by atoms with Crippen LogP contribution in [0.5, 0.6) is 0 Å². The largest absolute Gasteiger partial charge is 0.448 e. The Bertz CT molecular complexity index is 1450. The van der Waals surface area contributed by atoms with Crippen molar-refractivity contribution in [2.75, 3.05) is 0 Å². The molecule has 2 aromatic carbocycles. The first-order valence-corrected chi connectivity index (χ1v) is 26.6. The molecule has 2 heteroatoms. The molecule has 0 aromatic heterocycles. The van der Waals surface area contributed by atoms with Gasteiger partial charge in [-0.05, 0) is 124 Å². The minimum atomic E-state index is 1.04. The van der Waals surface area contributed by atoms with Crippen molar-refractivity contribution < 1.29 is 4.68 Å². The summed E-state index contributed by atoms with van der Waals surface area (Å²) in [6.45, 7) is 13.9. The van der Waals surface area contributed by atoms with Crippen molar-refractivity contribution in [2.24, 2.45) is 0 Å². The van der Waals surface area contributed by atoms with E-state index in [4.69, 9.17) is 0 Å². The Kier molecular flexibility index (Phi) is 28.5. The first-order chi connectivity index (χ1) is 29.5. The van der Waals surface area contributed by atoms with E-state index < -0.39 is 0 Å². The van der Waals surface area contributed by atoms with Crippen molar-refractivity contribution in [1.29, 1.82) is 0 Å². The Morgan fingerprint density at radius 3 is 1.08 bits per heavy atom. The number of benzene rings is 2. The van der Waals surface area contributed by atoms with Gasteiger partial charge in [0.2, 0.25) is 11.4 Å². The van der Waals surface area contributed by atoms with Gasteiger partial charge in [0.25, 0.3) is 0 Å². The fourth-order valence-corrected chi connectivity index (χ4v) is 9.51. The van der Waals surface area contributed by atoms with Crippen LogP contribution in [0, 0.1) is 0 Å². The number of hydrogen-bond acceptors (Lipinski definition) is 0. The Balaban J connectivity index is 2.13. The SMILES string of the molecule is CCCCCC=C1C(CCCC)=C(c2cc(CCCCCCCC)cc(CCCCCCCC)c2)[N+]([NH-])=C1c1cc(CCCCCCCC)cc(CCCCCCCC)c1. The third-order valence-electron chi connectivity index (χ3n) is 13.2. The lowest BCUT2D eigenvalue weighted by atomic mass is 9.88. The molecule has 338 valence electrons. The highest BCUT2D eigenvalue weighted by atomic mass is 15.3. The molecule has 1 N–H and O–H groups in total. The molecular weight excluding hydrogens is 725 g/mol. The topological polar surface area (TPSA) is 26.8 Å². The van der Waals surface area contributed by atoms with Gasteiger partial charge >= 0.3 is 0 Å². The van der Waals surface area contributed by atoms with Crippen LogP contribution in [0.15, 0.2) is 53.6 Å². The molecule has 0 fully saturated rings. The molecule has 0 bridgehead atoms. The first kappa shape index (κ1) is 51.7. The molecule has 2 nitrogen and oxygen atoms in total. The average molecular weight is 821 g/mol. The normalized spacial score (nSPS) is 13.8. The van der Waals surface area contributed by atoms with Crippen LogP contribution in [-0.4, -0.2) is 10.4 Å². The molecule has 0 atom stereocenters. The van der Waals surface area contributed by atoms with E-state index in [-0.39, 0.29) is 0 Å². The number of hydrogen-bond donors (Lipinski definition) is 0. The van der Waals surface area contributed by atoms with E-state index >= 15 is 0 Å². The molecular formula is C58H96N2. The average Bonchev–Trinajstić information content (AvgIpc) is 3.53. The quantitative estimate of drug-likeness (QED) is 0.0480. The summed E-state index contributed by atoms with van der Waals surface area (Å²) in [6.07, 6.45) is 47.3. The van der Waals surface area contributed by atoms with E-state index in [0.717, 1.165) is 50.7 Å². The van der Waals surface area contributed by atoms with Crippen molar-refractivity contribution in [3.8, 4) is 0 Å². The van der Waals surface area contributed by atoms with E-state index in [0.29, 0.717) is 0 Å². The van der Waals surface area contributed by atoms with Gasteiger partial charge in [-0.25, -0.2) is 4.68 Å². The van der Waals surface area contributed by atoms with Gasteiger partial charge in [0.15, 0.2) is 0 Å². The smallest absolute Gasteiger partial charge is 0.215 e. The molecule has 60 heavy (non-hydrogen) atoms. The van der Waals surface area contributed by atoms with Crippen molar-refractivity contribution in [3.05, 3.63) is 92.8 Å². The molecule has 0 saturated heterocycles. The summed E-state index contributed by atoms with van der Waals surface area (Å²) in [5, 5.41) is 0. The minimum Gasteiger partial charge on any atom is -0.448 e. The van der Waals surface area contributed by atoms with Crippen molar-refractivity contribution in [3.63, 3.8) is 0 Å². The third kappa shape index (κ3) is 19.6. The maximum Gasteiger partial charge on any atom is 0.215 e. The summed E-state index contributed by atoms with van der Waals surface area (Å²) in [4.78, 5) is 0. The first-order valence-electron chi connectivity index (χ1n) is 26.6. The van der Waals surface area contributed by atoms with Gasteiger partial charge in [0.1, 0.15) is 0 Å². The fraction of sp³-hybridized carbons (Fsp3) is 0.707. The highest BCUT2D eigenvalue weighted by Gasteiger charge is 2.35. The summed E-state index contributed by atoms with van der Waals surface area (Å²) >= 11 is 0. The summed E-state index contributed by atoms with van der Waals surface area (Å²) in [5.41, 5.74) is 13.7. The zero-order valence-electron chi connectivity index (χ0n) is 40.7. The van der Waals surface area contributed by atoms with Crippen molar-refractivity contribution in [1.82, 2.24) is 0 Å². The molecule has 2 aromatic rings. The minimum absolute atomic E-state index is 1.04. The monoisotopic (exact) mass is 821 g/mol. The van der Waals surface area contributed by atoms with Gasteiger partial charge < -0.3 is 5.84 Å². The predicted molar refractivity (Wildman–Crippen MR) is 269 cm³/mol. The highest BCUT2D eigenvalue weighted by molar-refractivity contribution is 6.16. The van der Waals surface area contributed by atoms with Crippen LogP contribution < -0.4 is 0 Å². The van der Waals surface area contributed by atoms with Gasteiger partial charge in [-0.15, -0.1) is 0 Å². The maximum atomic E-state index is 10.2. The third-order valence-corrected chi connectivity index (χ3v) is 13.2. The summed E-state index contributed by atoms with van der Waals surface area (Å²) in [5.74, 6) is 10.2. The van der Waals surface area contributed by atoms with Crippen LogP contribution in [0.2, 0.25) is 0 Å². The van der Waals surface area contributed by atoms with Crippen molar-refractivity contribution in [2.45, 2.75) is 266 Å². The van der Waals surface area contributed by atoms with Crippen LogP contribution in [0.3, 0.4) is 0 Å². The van der Waals surface area contributed by atoms with E-state index in [2.05, 4.69) is 84.0 Å². The fourth-order valence-electron chi connectivity index (χ4n) is 9.51. The van der Waals surface area contributed by atoms with E-state index in [1.54, 1.807) is 0 Å². The Labute approximate surface area is 373 Å². The van der Waals surface area contributed by atoms with Gasteiger partial charge in [-0.3, -0.25) is 0 Å². The number of aryl methyl sites for hydroxylation is 4. The Morgan fingerprint density at radius 2 is 0.700 bits per heavy atom. The number of unbranched alkanes of at least 4 members (excludes halogenated alkanes) is 24. The van der Waals surface area contributed by atoms with E-state index in [9.17, 15) is 5.84 Å². The molecule has 0 aliphatic carbocycles. The molecule has 0 spiro atoms. The Hall–Kier alpha value is -2.61. The highest BCUT2D eigenvalue weighted by Crippen LogP contribution is 2.39. The second-order valence-electron chi connectivity index (χ2n) is 18.9. The number of nitrogens with zero attached hydrogens (tertiary/aromatic N) is 1. The molecule has 0 amide bonds. The van der Waals surface area contributed by atoms with Gasteiger partial charge in [-0.1, -0.05) is 207 Å². The lowest BCUT2D eigenvalue weighted by molar-refractivity contribution is -0.347. The van der Waals surface area contributed by atoms with Crippen LogP contribution >= 0.6 is 0 Å². The lowest BCUT2D eigenvalue weighted by Crippen LogP contribution is -2.13. The number of rotatable bonds is 37. The number of allylic oxidation sites excluding steroid dienone is 3.